The molecule has 12 aromatic rings. The predicted octanol–water partition coefficient (Wildman–Crippen LogP) is 13.8. The highest BCUT2D eigenvalue weighted by molar-refractivity contribution is 6.30. The second-order valence-corrected chi connectivity index (χ2v) is 15.1. The van der Waals surface area contributed by atoms with Crippen molar-refractivity contribution < 1.29 is 4.42 Å². The molecule has 3 heterocycles. The Kier molecular flexibility index (Phi) is 6.38. The highest BCUT2D eigenvalue weighted by Crippen LogP contribution is 2.50. The Bertz CT molecular complexity index is 3620. The maximum absolute atomic E-state index is 6.77. The van der Waals surface area contributed by atoms with Crippen LogP contribution in [0.3, 0.4) is 0 Å². The van der Waals surface area contributed by atoms with Crippen molar-refractivity contribution in [2.75, 3.05) is 0 Å². The van der Waals surface area contributed by atoms with Crippen molar-refractivity contribution in [3.8, 4) is 62.1 Å². The molecule has 13 rings (SSSR count). The third-order valence-corrected chi connectivity index (χ3v) is 12.0. The van der Waals surface area contributed by atoms with Crippen molar-refractivity contribution in [3.05, 3.63) is 182 Å². The van der Waals surface area contributed by atoms with E-state index in [1.807, 2.05) is 72.8 Å². The Labute approximate surface area is 332 Å². The number of rotatable bonds is 4. The summed E-state index contributed by atoms with van der Waals surface area (Å²) in [6.45, 7) is 0. The number of hydrogen-bond donors (Lipinski definition) is 0. The van der Waals surface area contributed by atoms with Crippen LogP contribution in [-0.2, 0) is 0 Å². The van der Waals surface area contributed by atoms with Gasteiger partial charge in [-0.05, 0) is 74.8 Å². The van der Waals surface area contributed by atoms with Gasteiger partial charge in [0, 0.05) is 49.3 Å². The van der Waals surface area contributed by atoms with E-state index in [1.165, 1.54) is 54.8 Å². The van der Waals surface area contributed by atoms with Crippen LogP contribution in [0.1, 0.15) is 0 Å². The minimum Gasteiger partial charge on any atom is -0.455 e. The molecule has 0 saturated heterocycles. The smallest absolute Gasteiger partial charge is 0.164 e. The number of benzene rings is 9. The van der Waals surface area contributed by atoms with Crippen molar-refractivity contribution in [2.24, 2.45) is 0 Å². The number of nitrogens with zero attached hydrogens (tertiary/aromatic N) is 4. The van der Waals surface area contributed by atoms with Gasteiger partial charge in [0.15, 0.2) is 17.5 Å². The lowest BCUT2D eigenvalue weighted by Crippen LogP contribution is -2.01. The van der Waals surface area contributed by atoms with Crippen LogP contribution in [-0.4, -0.2) is 19.5 Å². The third kappa shape index (κ3) is 4.38. The SMILES string of the molecule is c1ccc(-c2nc(-c3ccccc3)nc(-c3cc4c5ccccc5oc4c4cc(-n5c6cccc7c6c6c8c(cccc8ccc65)-c5ccccc5-7)ccc34)n2)cc1. The van der Waals surface area contributed by atoms with E-state index in [-0.39, 0.29) is 0 Å². The van der Waals surface area contributed by atoms with Crippen LogP contribution in [0.5, 0.6) is 0 Å². The van der Waals surface area contributed by atoms with Crippen LogP contribution in [0.2, 0.25) is 0 Å². The van der Waals surface area contributed by atoms with Gasteiger partial charge in [0.1, 0.15) is 11.2 Å². The molecule has 0 fully saturated rings. The summed E-state index contributed by atoms with van der Waals surface area (Å²) in [6, 6.07) is 64.3. The van der Waals surface area contributed by atoms with Gasteiger partial charge in [-0.15, -0.1) is 0 Å². The number of aromatic nitrogens is 4. The maximum Gasteiger partial charge on any atom is 0.164 e. The van der Waals surface area contributed by atoms with Gasteiger partial charge < -0.3 is 8.98 Å². The zero-order chi connectivity index (χ0) is 37.9. The molecule has 0 atom stereocenters. The first-order valence-electron chi connectivity index (χ1n) is 19.6. The molecule has 58 heavy (non-hydrogen) atoms. The molecule has 5 nitrogen and oxygen atoms in total. The van der Waals surface area contributed by atoms with E-state index in [9.17, 15) is 0 Å². The lowest BCUT2D eigenvalue weighted by atomic mass is 9.93. The molecule has 0 aliphatic heterocycles. The third-order valence-electron chi connectivity index (χ3n) is 12.0. The van der Waals surface area contributed by atoms with Gasteiger partial charge in [0.25, 0.3) is 0 Å². The van der Waals surface area contributed by atoms with Crippen LogP contribution < -0.4 is 0 Å². The van der Waals surface area contributed by atoms with Crippen molar-refractivity contribution in [1.82, 2.24) is 19.5 Å². The van der Waals surface area contributed by atoms with Gasteiger partial charge in [-0.1, -0.05) is 146 Å². The summed E-state index contributed by atoms with van der Waals surface area (Å²) in [5.41, 5.74) is 12.9. The van der Waals surface area contributed by atoms with Crippen molar-refractivity contribution in [3.63, 3.8) is 0 Å². The van der Waals surface area contributed by atoms with Crippen molar-refractivity contribution >= 4 is 65.3 Å². The van der Waals surface area contributed by atoms with Crippen LogP contribution in [0.4, 0.5) is 0 Å². The molecule has 0 amide bonds. The summed E-state index contributed by atoms with van der Waals surface area (Å²) in [6.07, 6.45) is 0. The summed E-state index contributed by atoms with van der Waals surface area (Å²) in [5.74, 6) is 1.86. The average molecular weight is 739 g/mol. The van der Waals surface area contributed by atoms with Crippen LogP contribution in [0, 0.1) is 0 Å². The molecular formula is C53H30N4O. The van der Waals surface area contributed by atoms with Crippen LogP contribution in [0.25, 0.3) is 127 Å². The highest BCUT2D eigenvalue weighted by Gasteiger charge is 2.25. The first kappa shape index (κ1) is 31.3. The molecule has 0 spiro atoms. The largest absolute Gasteiger partial charge is 0.455 e. The molecule has 1 aliphatic carbocycles. The summed E-state index contributed by atoms with van der Waals surface area (Å²) >= 11 is 0. The second kappa shape index (κ2) is 11.8. The minimum absolute atomic E-state index is 0.610. The standard InChI is InChI=1S/C53H30N4O/c1-3-13-32(14-4-1)51-54-52(33-15-5-2-6-16-33)56-53(55-51)43-30-42-38-20-9-10-24-46(38)58-50(42)41-29-34(26-27-37(41)43)57-44-23-12-22-40-36-19-8-7-18-35(36)39-21-11-17-31-25-28-45(57)49(47(31)39)48(40)44/h1-30H. The monoisotopic (exact) mass is 738 g/mol. The molecule has 0 bridgehead atoms. The predicted molar refractivity (Wildman–Crippen MR) is 237 cm³/mol. The Morgan fingerprint density at radius 1 is 0.362 bits per heavy atom. The van der Waals surface area contributed by atoms with E-state index in [0.717, 1.165) is 55.1 Å². The molecule has 0 saturated carbocycles. The first-order valence-corrected chi connectivity index (χ1v) is 19.6. The summed E-state index contributed by atoms with van der Waals surface area (Å²) in [5, 5.41) is 9.15. The van der Waals surface area contributed by atoms with Crippen LogP contribution >= 0.6 is 0 Å². The molecule has 9 aromatic carbocycles. The molecule has 0 unspecified atom stereocenters. The number of fused-ring (bicyclic) bond motifs is 8. The maximum atomic E-state index is 6.77. The lowest BCUT2D eigenvalue weighted by molar-refractivity contribution is 0.672. The Morgan fingerprint density at radius 2 is 0.966 bits per heavy atom. The fourth-order valence-corrected chi connectivity index (χ4v) is 9.45. The molecule has 5 heteroatoms. The number of hydrogen-bond acceptors (Lipinski definition) is 4. The van der Waals surface area contributed by atoms with Gasteiger partial charge in [-0.3, -0.25) is 0 Å². The highest BCUT2D eigenvalue weighted by atomic mass is 16.3. The lowest BCUT2D eigenvalue weighted by Gasteiger charge is -2.15. The van der Waals surface area contributed by atoms with Gasteiger partial charge in [-0.25, -0.2) is 15.0 Å². The van der Waals surface area contributed by atoms with E-state index in [0.29, 0.717) is 17.5 Å². The summed E-state index contributed by atoms with van der Waals surface area (Å²) in [4.78, 5) is 15.4. The fourth-order valence-electron chi connectivity index (χ4n) is 9.45. The Hall–Kier alpha value is -7.89. The van der Waals surface area contributed by atoms with Gasteiger partial charge in [0.05, 0.1) is 11.0 Å². The van der Waals surface area contributed by atoms with E-state index in [4.69, 9.17) is 19.4 Å². The quantitative estimate of drug-likeness (QED) is 0.180. The number of furan rings is 1. The van der Waals surface area contributed by atoms with Gasteiger partial charge in [0.2, 0.25) is 0 Å². The molecule has 1 aliphatic rings. The van der Waals surface area contributed by atoms with E-state index >= 15 is 0 Å². The first-order chi connectivity index (χ1) is 28.8. The summed E-state index contributed by atoms with van der Waals surface area (Å²) in [7, 11) is 0. The minimum atomic E-state index is 0.610. The van der Waals surface area contributed by atoms with Crippen LogP contribution in [0.15, 0.2) is 186 Å². The van der Waals surface area contributed by atoms with Gasteiger partial charge in [-0.2, -0.15) is 0 Å². The topological polar surface area (TPSA) is 56.7 Å². The van der Waals surface area contributed by atoms with Gasteiger partial charge >= 0.3 is 0 Å². The van der Waals surface area contributed by atoms with E-state index in [1.54, 1.807) is 0 Å². The van der Waals surface area contributed by atoms with Crippen molar-refractivity contribution in [1.29, 1.82) is 0 Å². The second-order valence-electron chi connectivity index (χ2n) is 15.1. The summed E-state index contributed by atoms with van der Waals surface area (Å²) < 4.78 is 9.20. The molecule has 0 N–H and O–H groups in total. The Morgan fingerprint density at radius 3 is 1.72 bits per heavy atom. The normalized spacial score (nSPS) is 12.1. The molecule has 0 radical (unpaired) electrons. The van der Waals surface area contributed by atoms with E-state index < -0.39 is 0 Å². The molecular weight excluding hydrogens is 709 g/mol. The molecule has 3 aromatic heterocycles. The zero-order valence-corrected chi connectivity index (χ0v) is 31.0. The molecule has 268 valence electrons. The number of para-hydroxylation sites is 1. The zero-order valence-electron chi connectivity index (χ0n) is 31.0. The fraction of sp³-hybridized carbons (Fsp3) is 0. The van der Waals surface area contributed by atoms with E-state index in [2.05, 4.69) is 114 Å². The Balaban J connectivity index is 1.13. The van der Waals surface area contributed by atoms with Crippen molar-refractivity contribution in [2.45, 2.75) is 0 Å². The average Bonchev–Trinajstić information content (AvgIpc) is 3.81.